The monoisotopic (exact) mass is 1080 g/mol. The van der Waals surface area contributed by atoms with Crippen molar-refractivity contribution < 1.29 is 16.8 Å². The van der Waals surface area contributed by atoms with Crippen LogP contribution in [-0.2, 0) is 74.6 Å². The standard InChI is InChI=1S/C13H15ClN2OS.2C11H11ClN2O2S.C10H9ClN2O2S/c1-10-8-12(16(3)15(10)2)9-18(17)13-6-4-11(14)5-7-13;1-14-9(6-11(15)13-14)7-17(16)10-4-2-8(12)3-5-10;1-14-11(15)6-9(13-14)7-17(16)10-4-2-8(12)3-5-10;11-7-1-3-9(4-2-7)16(15)6-8-5-10(14)13-12-8/h4-8H,1,9H2,2-3H3;2-6H,7H2,1H3,(H,13,15);2-6,13H,7H2,1H3;1-5H,6H2,(H2,12,13,14). The smallest absolute Gasteiger partial charge is 0.266 e. The van der Waals surface area contributed by atoms with E-state index in [9.17, 15) is 31.2 Å². The van der Waals surface area contributed by atoms with E-state index in [0.717, 1.165) is 16.3 Å². The van der Waals surface area contributed by atoms with Crippen LogP contribution in [0, 0.1) is 0 Å². The molecule has 4 aromatic carbocycles. The minimum atomic E-state index is -1.18. The zero-order valence-electron chi connectivity index (χ0n) is 36.9. The van der Waals surface area contributed by atoms with Crippen molar-refractivity contribution in [3.05, 3.63) is 208 Å². The lowest BCUT2D eigenvalue weighted by atomic mass is 10.4. The molecule has 0 saturated heterocycles. The third-order valence-electron chi connectivity index (χ3n) is 9.65. The molecule has 4 unspecified atom stereocenters. The predicted octanol–water partition coefficient (Wildman–Crippen LogP) is 7.65. The number of aromatic amines is 4. The number of allylic oxidation sites excluding steroid dienone is 1. The number of nitrogens with one attached hydrogen (secondary N) is 4. The Hall–Kier alpha value is -5.25. The summed E-state index contributed by atoms with van der Waals surface area (Å²) in [5.74, 6) is 1.34. The van der Waals surface area contributed by atoms with Crippen LogP contribution in [0.4, 0.5) is 0 Å². The van der Waals surface area contributed by atoms with Crippen molar-refractivity contribution in [3.8, 4) is 0 Å². The highest BCUT2D eigenvalue weighted by atomic mass is 35.5. The number of nitrogens with zero attached hydrogens (tertiary/aromatic N) is 4. The van der Waals surface area contributed by atoms with Gasteiger partial charge >= 0.3 is 0 Å². The number of aromatic nitrogens is 6. The van der Waals surface area contributed by atoms with E-state index in [4.69, 9.17) is 46.4 Å². The summed E-state index contributed by atoms with van der Waals surface area (Å²) in [5, 5.41) is 16.8. The highest BCUT2D eigenvalue weighted by molar-refractivity contribution is 7.85. The molecule has 0 aliphatic carbocycles. The number of aryl methyl sites for hydroxylation is 2. The fraction of sp³-hybridized carbons (Fsp3) is 0.178. The van der Waals surface area contributed by atoms with Crippen molar-refractivity contribution in [2.75, 3.05) is 19.8 Å². The Balaban J connectivity index is 0.000000170. The van der Waals surface area contributed by atoms with Crippen LogP contribution in [0.2, 0.25) is 20.1 Å². The summed E-state index contributed by atoms with van der Waals surface area (Å²) in [5.41, 5.74) is 3.36. The molecule has 0 spiro atoms. The Bertz CT molecular complexity index is 3130. The third-order valence-corrected chi connectivity index (χ3v) is 16.1. The molecule has 0 fully saturated rings. The van der Waals surface area contributed by atoms with Crippen molar-refractivity contribution in [2.24, 2.45) is 14.1 Å². The molecule has 4 heterocycles. The first-order valence-corrected chi connectivity index (χ1v) is 26.7. The molecule has 8 rings (SSSR count). The summed E-state index contributed by atoms with van der Waals surface area (Å²) in [7, 11) is 2.60. The van der Waals surface area contributed by atoms with E-state index in [1.807, 2.05) is 30.2 Å². The van der Waals surface area contributed by atoms with Gasteiger partial charge in [0.05, 0.1) is 83.3 Å². The van der Waals surface area contributed by atoms with E-state index < -0.39 is 43.2 Å². The van der Waals surface area contributed by atoms with Gasteiger partial charge in [0.25, 0.3) is 16.7 Å². The molecule has 3 aromatic heterocycles. The fourth-order valence-corrected chi connectivity index (χ4v) is 10.7. The molecule has 68 heavy (non-hydrogen) atoms. The van der Waals surface area contributed by atoms with Gasteiger partial charge in [-0.2, -0.15) is 0 Å². The number of hydrazine groups is 1. The average molecular weight is 1080 g/mol. The van der Waals surface area contributed by atoms with Gasteiger partial charge in [-0.1, -0.05) is 53.0 Å². The van der Waals surface area contributed by atoms with Crippen LogP contribution in [0.1, 0.15) is 17.1 Å². The van der Waals surface area contributed by atoms with E-state index in [1.165, 1.54) is 22.9 Å². The number of halogens is 4. The van der Waals surface area contributed by atoms with E-state index in [0.29, 0.717) is 63.4 Å². The molecule has 15 nitrogen and oxygen atoms in total. The first-order valence-electron chi connectivity index (χ1n) is 19.9. The quantitative estimate of drug-likeness (QED) is 0.0950. The maximum Gasteiger partial charge on any atom is 0.266 e. The van der Waals surface area contributed by atoms with E-state index >= 15 is 0 Å². The number of rotatable bonds is 12. The van der Waals surface area contributed by atoms with Gasteiger partial charge in [-0.15, -0.1) is 0 Å². The van der Waals surface area contributed by atoms with Gasteiger partial charge < -0.3 is 5.10 Å². The van der Waals surface area contributed by atoms with Crippen molar-refractivity contribution in [3.63, 3.8) is 0 Å². The van der Waals surface area contributed by atoms with Crippen LogP contribution in [0.25, 0.3) is 0 Å². The van der Waals surface area contributed by atoms with Crippen LogP contribution in [-0.4, -0.2) is 76.5 Å². The Morgan fingerprint density at radius 3 is 1.22 bits per heavy atom. The second-order valence-corrected chi connectivity index (χ2v) is 22.1. The van der Waals surface area contributed by atoms with Gasteiger partial charge in [0.1, 0.15) is 0 Å². The first kappa shape index (κ1) is 53.7. The summed E-state index contributed by atoms with van der Waals surface area (Å²) in [6, 6.07) is 31.9. The molecule has 1 aliphatic rings. The highest BCUT2D eigenvalue weighted by Gasteiger charge is 2.21. The van der Waals surface area contributed by atoms with E-state index in [2.05, 4.69) is 27.0 Å². The minimum absolute atomic E-state index is 0.131. The van der Waals surface area contributed by atoms with Crippen LogP contribution >= 0.6 is 46.4 Å². The molecule has 7 aromatic rings. The Kier molecular flexibility index (Phi) is 20.0. The van der Waals surface area contributed by atoms with Gasteiger partial charge in [-0.05, 0) is 103 Å². The summed E-state index contributed by atoms with van der Waals surface area (Å²) in [6.45, 7) is 3.92. The van der Waals surface area contributed by atoms with Gasteiger partial charge in [-0.25, -0.2) is 0 Å². The number of hydrogen-bond acceptors (Lipinski definition) is 9. The zero-order valence-corrected chi connectivity index (χ0v) is 43.2. The number of H-pyrrole nitrogens is 4. The second-order valence-electron chi connectivity index (χ2n) is 14.6. The van der Waals surface area contributed by atoms with Gasteiger partial charge in [0, 0.05) is 97.5 Å². The van der Waals surface area contributed by atoms with E-state index in [1.54, 1.807) is 116 Å². The summed E-state index contributed by atoms with van der Waals surface area (Å²) >= 11 is 23.0. The van der Waals surface area contributed by atoms with Crippen LogP contribution in [0.15, 0.2) is 173 Å². The van der Waals surface area contributed by atoms with Crippen molar-refractivity contribution in [1.29, 1.82) is 0 Å². The lowest BCUT2D eigenvalue weighted by Gasteiger charge is -2.26. The molecule has 4 atom stereocenters. The average Bonchev–Trinajstić information content (AvgIpc) is 4.03. The molecule has 4 N–H and O–H groups in total. The zero-order chi connectivity index (χ0) is 49.7. The summed E-state index contributed by atoms with van der Waals surface area (Å²) in [4.78, 5) is 36.0. The van der Waals surface area contributed by atoms with Gasteiger partial charge in [0.2, 0.25) is 0 Å². The molecule has 23 heteroatoms. The van der Waals surface area contributed by atoms with Gasteiger partial charge in [0.15, 0.2) is 0 Å². The highest BCUT2D eigenvalue weighted by Crippen LogP contribution is 2.23. The maximum atomic E-state index is 12.2. The number of hydrogen-bond donors (Lipinski definition) is 4. The lowest BCUT2D eigenvalue weighted by Crippen LogP contribution is -2.30. The van der Waals surface area contributed by atoms with Crippen LogP contribution in [0.5, 0.6) is 0 Å². The van der Waals surface area contributed by atoms with Crippen LogP contribution in [0.3, 0.4) is 0 Å². The lowest BCUT2D eigenvalue weighted by molar-refractivity contribution is 0.134. The Morgan fingerprint density at radius 2 is 0.882 bits per heavy atom. The number of benzene rings is 4. The minimum Gasteiger partial charge on any atom is -0.301 e. The Labute approximate surface area is 421 Å². The number of likely N-dealkylation sites (N-methyl/N-ethyl adjacent to an activating group) is 1. The van der Waals surface area contributed by atoms with Crippen molar-refractivity contribution >= 4 is 89.6 Å². The predicted molar refractivity (Wildman–Crippen MR) is 274 cm³/mol. The summed E-state index contributed by atoms with van der Waals surface area (Å²) < 4.78 is 51.0. The SMILES string of the molecule is C=C1C=C(CS(=O)c2ccc(Cl)cc2)N(C)N1C.Cn1[nH]c(=O)cc1CS(=O)c1ccc(Cl)cc1.Cn1[nH]c(CS(=O)c2ccc(Cl)cc2)cc1=O.O=c1cc(CS(=O)c2ccc(Cl)cc2)[nH][nH]1. The maximum absolute atomic E-state index is 12.2. The molecule has 360 valence electrons. The fourth-order valence-electron chi connectivity index (χ4n) is 5.86. The Morgan fingerprint density at radius 1 is 0.471 bits per heavy atom. The normalized spacial score (nSPS) is 13.8. The van der Waals surface area contributed by atoms with E-state index in [-0.39, 0.29) is 28.2 Å². The van der Waals surface area contributed by atoms with Crippen molar-refractivity contribution in [2.45, 2.75) is 36.8 Å². The molecule has 0 amide bonds. The molecular weight excluding hydrogens is 1030 g/mol. The van der Waals surface area contributed by atoms with Gasteiger partial charge in [-0.3, -0.25) is 65.9 Å². The first-order chi connectivity index (χ1) is 32.3. The molecule has 0 bridgehead atoms. The third kappa shape index (κ3) is 16.2. The second kappa shape index (κ2) is 25.4. The molecular formula is C45H46Cl4N8O7S4. The van der Waals surface area contributed by atoms with Crippen LogP contribution < -0.4 is 16.7 Å². The molecule has 0 radical (unpaired) electrons. The summed E-state index contributed by atoms with van der Waals surface area (Å²) in [6.07, 6.45) is 1.95. The largest absolute Gasteiger partial charge is 0.301 e. The van der Waals surface area contributed by atoms with Crippen molar-refractivity contribution in [1.82, 2.24) is 39.8 Å². The molecule has 1 aliphatic heterocycles. The topological polar surface area (TPSA) is 199 Å². The molecule has 0 saturated carbocycles.